The molecule has 122 valence electrons. The van der Waals surface area contributed by atoms with Crippen LogP contribution in [0.25, 0.3) is 0 Å². The Morgan fingerprint density at radius 1 is 1.08 bits per heavy atom. The molecule has 0 spiro atoms. The Balaban J connectivity index is 1.56. The van der Waals surface area contributed by atoms with E-state index in [1.807, 2.05) is 0 Å². The van der Waals surface area contributed by atoms with Gasteiger partial charge in [-0.05, 0) is 52.1 Å². The number of rotatable bonds is 2. The first-order chi connectivity index (χ1) is 11.5. The number of carbonyl (C=O) groups excluding carboxylic acids is 2. The Morgan fingerprint density at radius 2 is 1.67 bits per heavy atom. The molecule has 6 rings (SSSR count). The molecule has 1 aromatic rings. The highest BCUT2D eigenvalue weighted by Gasteiger charge is 2.67. The Hall–Kier alpha value is -2.02. The maximum Gasteiger partial charge on any atom is 0.270 e. The van der Waals surface area contributed by atoms with Gasteiger partial charge in [-0.1, -0.05) is 12.2 Å². The van der Waals surface area contributed by atoms with Gasteiger partial charge in [0.2, 0.25) is 11.8 Å². The molecule has 1 aromatic carbocycles. The fourth-order valence-corrected chi connectivity index (χ4v) is 5.53. The third-order valence-electron chi connectivity index (χ3n) is 6.05. The number of anilines is 1. The second kappa shape index (κ2) is 4.53. The molecule has 1 saturated heterocycles. The van der Waals surface area contributed by atoms with E-state index in [0.29, 0.717) is 22.0 Å². The third-order valence-corrected chi connectivity index (χ3v) is 6.68. The number of nitrogens with zero attached hydrogens (tertiary/aromatic N) is 2. The van der Waals surface area contributed by atoms with E-state index in [2.05, 4.69) is 28.1 Å². The lowest BCUT2D eigenvalue weighted by molar-refractivity contribution is -0.384. The Bertz CT molecular complexity index is 815. The van der Waals surface area contributed by atoms with E-state index in [1.165, 1.54) is 23.1 Å². The van der Waals surface area contributed by atoms with Crippen molar-refractivity contribution in [2.45, 2.75) is 6.42 Å². The third kappa shape index (κ3) is 1.65. The van der Waals surface area contributed by atoms with Crippen LogP contribution in [0.2, 0.25) is 0 Å². The Labute approximate surface area is 145 Å². The summed E-state index contributed by atoms with van der Waals surface area (Å²) >= 11 is 3.28. The molecule has 1 aliphatic heterocycles. The SMILES string of the molecule is O=C1[C@H]2[C@@H]3C=C[C@H]([C@@H]4C[C@H]34)[C@@H]2C(=O)N1c1ccc([N+](=O)[O-])cc1Br. The highest BCUT2D eigenvalue weighted by molar-refractivity contribution is 9.10. The molecule has 0 aromatic heterocycles. The van der Waals surface area contributed by atoms with E-state index in [4.69, 9.17) is 0 Å². The summed E-state index contributed by atoms with van der Waals surface area (Å²) in [6, 6.07) is 4.14. The molecule has 2 amide bonds. The van der Waals surface area contributed by atoms with Crippen molar-refractivity contribution in [1.82, 2.24) is 0 Å². The van der Waals surface area contributed by atoms with Crippen molar-refractivity contribution in [2.24, 2.45) is 35.5 Å². The lowest BCUT2D eigenvalue weighted by Gasteiger charge is -2.37. The fraction of sp³-hybridized carbons (Fsp3) is 0.412. The number of imide groups is 1. The molecule has 0 N–H and O–H groups in total. The zero-order valence-corrected chi connectivity index (χ0v) is 14.0. The molecule has 2 saturated carbocycles. The predicted molar refractivity (Wildman–Crippen MR) is 88.0 cm³/mol. The molecule has 0 unspecified atom stereocenters. The summed E-state index contributed by atoms with van der Waals surface area (Å²) in [5.41, 5.74) is 0.322. The first-order valence-electron chi connectivity index (χ1n) is 7.99. The van der Waals surface area contributed by atoms with Crippen LogP contribution in [-0.2, 0) is 9.59 Å². The van der Waals surface area contributed by atoms with Crippen molar-refractivity contribution in [3.63, 3.8) is 0 Å². The first-order valence-corrected chi connectivity index (χ1v) is 8.78. The van der Waals surface area contributed by atoms with Crippen molar-refractivity contribution in [1.29, 1.82) is 0 Å². The molecule has 7 heteroatoms. The van der Waals surface area contributed by atoms with Crippen LogP contribution in [0.5, 0.6) is 0 Å². The van der Waals surface area contributed by atoms with Crippen LogP contribution in [-0.4, -0.2) is 16.7 Å². The number of hydrogen-bond donors (Lipinski definition) is 0. The lowest BCUT2D eigenvalue weighted by Crippen LogP contribution is -2.40. The van der Waals surface area contributed by atoms with E-state index in [-0.39, 0.29) is 41.2 Å². The van der Waals surface area contributed by atoms with Crippen molar-refractivity contribution < 1.29 is 14.5 Å². The predicted octanol–water partition coefficient (Wildman–Crippen LogP) is 2.91. The van der Waals surface area contributed by atoms with E-state index in [0.717, 1.165) is 6.42 Å². The van der Waals surface area contributed by atoms with Crippen LogP contribution in [0.1, 0.15) is 6.42 Å². The molecular weight excluding hydrogens is 376 g/mol. The van der Waals surface area contributed by atoms with Gasteiger partial charge in [-0.25, -0.2) is 4.90 Å². The number of carbonyl (C=O) groups is 2. The number of allylic oxidation sites excluding steroid dienone is 2. The average Bonchev–Trinajstić information content (AvgIpc) is 3.33. The van der Waals surface area contributed by atoms with Gasteiger partial charge in [-0.2, -0.15) is 0 Å². The molecule has 2 bridgehead atoms. The van der Waals surface area contributed by atoms with Crippen LogP contribution in [0, 0.1) is 45.6 Å². The molecular formula is C17H13BrN2O4. The number of benzene rings is 1. The number of non-ortho nitro benzene ring substituents is 1. The van der Waals surface area contributed by atoms with Crippen LogP contribution in [0.3, 0.4) is 0 Å². The Morgan fingerprint density at radius 3 is 2.17 bits per heavy atom. The maximum atomic E-state index is 13.0. The van der Waals surface area contributed by atoms with Crippen molar-refractivity contribution >= 4 is 39.1 Å². The Kier molecular flexibility index (Phi) is 2.71. The molecule has 1 heterocycles. The summed E-state index contributed by atoms with van der Waals surface area (Å²) < 4.78 is 0.391. The minimum absolute atomic E-state index is 0.0786. The molecule has 6 nitrogen and oxygen atoms in total. The molecule has 4 aliphatic carbocycles. The van der Waals surface area contributed by atoms with Crippen molar-refractivity contribution in [3.05, 3.63) is 44.9 Å². The van der Waals surface area contributed by atoms with Crippen LogP contribution in [0.4, 0.5) is 11.4 Å². The monoisotopic (exact) mass is 388 g/mol. The second-order valence-electron chi connectivity index (χ2n) is 7.06. The van der Waals surface area contributed by atoms with Crippen molar-refractivity contribution in [3.8, 4) is 0 Å². The van der Waals surface area contributed by atoms with Gasteiger partial charge in [0.1, 0.15) is 0 Å². The van der Waals surface area contributed by atoms with Gasteiger partial charge >= 0.3 is 0 Å². The zero-order valence-electron chi connectivity index (χ0n) is 12.5. The summed E-state index contributed by atoms with van der Waals surface area (Å²) in [5.74, 6) is 0.591. The smallest absolute Gasteiger partial charge is 0.270 e. The summed E-state index contributed by atoms with van der Waals surface area (Å²) in [6.45, 7) is 0. The number of nitro benzene ring substituents is 1. The number of halogens is 1. The summed E-state index contributed by atoms with van der Waals surface area (Å²) in [7, 11) is 0. The minimum Gasteiger partial charge on any atom is -0.274 e. The van der Waals surface area contributed by atoms with Gasteiger partial charge in [0, 0.05) is 16.6 Å². The zero-order chi connectivity index (χ0) is 16.7. The molecule has 5 aliphatic rings. The lowest BCUT2D eigenvalue weighted by atomic mass is 9.63. The van der Waals surface area contributed by atoms with Gasteiger partial charge in [0.15, 0.2) is 0 Å². The standard InChI is InChI=1S/C17H13BrN2O4/c18-12-5-7(20(23)24)1-4-13(12)19-16(21)14-8-2-3-9(11-6-10(8)11)15(14)17(19)22/h1-5,8-11,14-15H,6H2/t8-,9-,10-,11+,14+,15+/m1/s1. The highest BCUT2D eigenvalue weighted by atomic mass is 79.9. The minimum atomic E-state index is -0.500. The highest BCUT2D eigenvalue weighted by Crippen LogP contribution is 2.65. The summed E-state index contributed by atoms with van der Waals surface area (Å²) in [4.78, 5) is 37.6. The van der Waals surface area contributed by atoms with Gasteiger partial charge in [-0.15, -0.1) is 0 Å². The summed E-state index contributed by atoms with van der Waals surface area (Å²) in [5, 5.41) is 10.9. The topological polar surface area (TPSA) is 80.5 Å². The quantitative estimate of drug-likeness (QED) is 0.337. The van der Waals surface area contributed by atoms with E-state index >= 15 is 0 Å². The average molecular weight is 389 g/mol. The van der Waals surface area contributed by atoms with E-state index in [1.54, 1.807) is 0 Å². The van der Waals surface area contributed by atoms with Gasteiger partial charge < -0.3 is 0 Å². The molecule has 6 atom stereocenters. The molecule has 3 fully saturated rings. The first kappa shape index (κ1) is 14.3. The van der Waals surface area contributed by atoms with Gasteiger partial charge in [-0.3, -0.25) is 19.7 Å². The van der Waals surface area contributed by atoms with Crippen LogP contribution >= 0.6 is 15.9 Å². The normalized spacial score (nSPS) is 38.3. The van der Waals surface area contributed by atoms with Gasteiger partial charge in [0.05, 0.1) is 22.4 Å². The van der Waals surface area contributed by atoms with Crippen LogP contribution in [0.15, 0.2) is 34.8 Å². The second-order valence-corrected chi connectivity index (χ2v) is 7.91. The van der Waals surface area contributed by atoms with Crippen LogP contribution < -0.4 is 4.90 Å². The number of amides is 2. The van der Waals surface area contributed by atoms with Crippen molar-refractivity contribution in [2.75, 3.05) is 4.90 Å². The maximum absolute atomic E-state index is 13.0. The van der Waals surface area contributed by atoms with E-state index < -0.39 is 4.92 Å². The number of nitro groups is 1. The number of hydrogen-bond acceptors (Lipinski definition) is 4. The largest absolute Gasteiger partial charge is 0.274 e. The molecule has 0 radical (unpaired) electrons. The fourth-order valence-electron chi connectivity index (χ4n) is 4.99. The van der Waals surface area contributed by atoms with E-state index in [9.17, 15) is 19.7 Å². The van der Waals surface area contributed by atoms with Gasteiger partial charge in [0.25, 0.3) is 5.69 Å². The molecule has 24 heavy (non-hydrogen) atoms. The summed E-state index contributed by atoms with van der Waals surface area (Å²) in [6.07, 6.45) is 5.37.